The Bertz CT molecular complexity index is 1190. The van der Waals surface area contributed by atoms with Crippen molar-refractivity contribution in [2.45, 2.75) is 31.2 Å². The third kappa shape index (κ3) is 4.16. The van der Waals surface area contributed by atoms with Gasteiger partial charge in [-0.3, -0.25) is 0 Å². The van der Waals surface area contributed by atoms with Crippen molar-refractivity contribution in [2.24, 2.45) is 0 Å². The van der Waals surface area contributed by atoms with Gasteiger partial charge in [0.15, 0.2) is 0 Å². The van der Waals surface area contributed by atoms with Crippen LogP contribution in [0.25, 0.3) is 11.1 Å². The van der Waals surface area contributed by atoms with E-state index in [0.29, 0.717) is 16.7 Å². The van der Waals surface area contributed by atoms with E-state index in [4.69, 9.17) is 9.47 Å². The van der Waals surface area contributed by atoms with Gasteiger partial charge in [-0.15, -0.1) is 0 Å². The first kappa shape index (κ1) is 22.1. The van der Waals surface area contributed by atoms with Crippen molar-refractivity contribution in [3.63, 3.8) is 0 Å². The smallest absolute Gasteiger partial charge is 0.407 e. The van der Waals surface area contributed by atoms with E-state index in [1.54, 1.807) is 18.2 Å². The van der Waals surface area contributed by atoms with Crippen LogP contribution in [0.2, 0.25) is 0 Å². The highest BCUT2D eigenvalue weighted by Gasteiger charge is 2.29. The van der Waals surface area contributed by atoms with Crippen LogP contribution in [-0.2, 0) is 16.1 Å². The number of aliphatic hydroxyl groups excluding tert-OH is 2. The van der Waals surface area contributed by atoms with Crippen LogP contribution in [0.3, 0.4) is 0 Å². The molecule has 7 heteroatoms. The third-order valence-corrected chi connectivity index (χ3v) is 6.47. The van der Waals surface area contributed by atoms with E-state index in [1.807, 2.05) is 24.3 Å². The molecule has 7 nitrogen and oxygen atoms in total. The molecule has 0 aromatic heterocycles. The van der Waals surface area contributed by atoms with Gasteiger partial charge in [0.2, 0.25) is 0 Å². The summed E-state index contributed by atoms with van der Waals surface area (Å²) >= 11 is 0. The molecule has 0 bridgehead atoms. The number of hydrogen-bond donors (Lipinski definition) is 3. The predicted molar refractivity (Wildman–Crippen MR) is 124 cm³/mol. The van der Waals surface area contributed by atoms with Gasteiger partial charge in [-0.1, -0.05) is 54.6 Å². The van der Waals surface area contributed by atoms with Gasteiger partial charge >= 0.3 is 12.1 Å². The first-order valence-electron chi connectivity index (χ1n) is 11.3. The van der Waals surface area contributed by atoms with Gasteiger partial charge in [0, 0.05) is 18.0 Å². The standard InChI is InChI=1S/C27H25NO6/c29-24(25(30)16-9-10-18-17(13-16)14-33-26(18)31)11-12-28-27(32)34-15-23-21-7-3-1-5-19(21)20-6-2-4-8-22(20)23/h1-10,13,23-25,29-30H,11-12,14-15H2,(H,28,32). The molecule has 0 spiro atoms. The average molecular weight is 459 g/mol. The Hall–Kier alpha value is -3.68. The molecule has 0 saturated carbocycles. The third-order valence-electron chi connectivity index (χ3n) is 6.47. The van der Waals surface area contributed by atoms with Crippen molar-refractivity contribution in [2.75, 3.05) is 13.2 Å². The number of ether oxygens (including phenoxy) is 2. The number of rotatable bonds is 7. The summed E-state index contributed by atoms with van der Waals surface area (Å²) in [5, 5.41) is 23.5. The van der Waals surface area contributed by atoms with E-state index in [9.17, 15) is 19.8 Å². The second kappa shape index (κ2) is 9.29. The number of carbonyl (C=O) groups excluding carboxylic acids is 2. The fourth-order valence-electron chi connectivity index (χ4n) is 4.69. The molecule has 3 aromatic carbocycles. The maximum Gasteiger partial charge on any atom is 0.407 e. The van der Waals surface area contributed by atoms with Crippen LogP contribution in [0.5, 0.6) is 0 Å². The van der Waals surface area contributed by atoms with E-state index in [-0.39, 0.29) is 38.1 Å². The van der Waals surface area contributed by atoms with Crippen LogP contribution < -0.4 is 5.32 Å². The summed E-state index contributed by atoms with van der Waals surface area (Å²) in [6.45, 7) is 0.510. The lowest BCUT2D eigenvalue weighted by Gasteiger charge is -2.19. The number of esters is 1. The second-order valence-corrected chi connectivity index (χ2v) is 8.55. The number of fused-ring (bicyclic) bond motifs is 4. The van der Waals surface area contributed by atoms with Crippen LogP contribution in [0.15, 0.2) is 66.7 Å². The van der Waals surface area contributed by atoms with E-state index in [0.717, 1.165) is 22.3 Å². The van der Waals surface area contributed by atoms with E-state index < -0.39 is 18.3 Å². The molecule has 1 aliphatic carbocycles. The number of cyclic esters (lactones) is 1. The molecular formula is C27H25NO6. The SMILES string of the molecule is O=C(NCCC(O)C(O)c1ccc2c(c1)COC2=O)OCC1c2ccccc2-c2ccccc21. The van der Waals surface area contributed by atoms with E-state index in [1.165, 1.54) is 0 Å². The Morgan fingerprint density at radius 2 is 1.68 bits per heavy atom. The molecule has 1 heterocycles. The highest BCUT2D eigenvalue weighted by molar-refractivity contribution is 5.93. The number of amides is 1. The molecule has 2 atom stereocenters. The molecule has 174 valence electrons. The summed E-state index contributed by atoms with van der Waals surface area (Å²) in [6.07, 6.45) is -2.68. The minimum absolute atomic E-state index is 0.0266. The topological polar surface area (TPSA) is 105 Å². The van der Waals surface area contributed by atoms with Crippen molar-refractivity contribution < 1.29 is 29.3 Å². The lowest BCUT2D eigenvalue weighted by molar-refractivity contribution is 0.0136. The quantitative estimate of drug-likeness (QED) is 0.466. The lowest BCUT2D eigenvalue weighted by Crippen LogP contribution is -2.30. The first-order valence-corrected chi connectivity index (χ1v) is 11.3. The monoisotopic (exact) mass is 459 g/mol. The summed E-state index contributed by atoms with van der Waals surface area (Å²) in [6, 6.07) is 21.1. The van der Waals surface area contributed by atoms with E-state index in [2.05, 4.69) is 29.6 Å². The fourth-order valence-corrected chi connectivity index (χ4v) is 4.69. The van der Waals surface area contributed by atoms with Gasteiger partial charge in [0.25, 0.3) is 0 Å². The minimum Gasteiger partial charge on any atom is -0.457 e. The normalized spacial score (nSPS) is 15.6. The Morgan fingerprint density at radius 3 is 2.38 bits per heavy atom. The summed E-state index contributed by atoms with van der Waals surface area (Å²) in [7, 11) is 0. The molecule has 1 aliphatic heterocycles. The molecule has 0 saturated heterocycles. The number of aliphatic hydroxyl groups is 2. The zero-order valence-electron chi connectivity index (χ0n) is 18.4. The minimum atomic E-state index is -1.15. The fraction of sp³-hybridized carbons (Fsp3) is 0.259. The molecule has 34 heavy (non-hydrogen) atoms. The molecule has 0 radical (unpaired) electrons. The molecular weight excluding hydrogens is 434 g/mol. The van der Waals surface area contributed by atoms with Crippen LogP contribution >= 0.6 is 0 Å². The van der Waals surface area contributed by atoms with E-state index >= 15 is 0 Å². The Kier molecular flexibility index (Phi) is 6.04. The molecule has 3 aromatic rings. The number of nitrogens with one attached hydrogen (secondary N) is 1. The Morgan fingerprint density at radius 1 is 1.00 bits per heavy atom. The van der Waals surface area contributed by atoms with Gasteiger partial charge in [-0.25, -0.2) is 9.59 Å². The lowest BCUT2D eigenvalue weighted by atomic mass is 9.98. The van der Waals surface area contributed by atoms with Crippen molar-refractivity contribution in [1.82, 2.24) is 5.32 Å². The van der Waals surface area contributed by atoms with Crippen LogP contribution in [0.1, 0.15) is 51.1 Å². The molecule has 5 rings (SSSR count). The largest absolute Gasteiger partial charge is 0.457 e. The Balaban J connectivity index is 1.12. The molecule has 1 amide bonds. The maximum atomic E-state index is 12.3. The van der Waals surface area contributed by atoms with Gasteiger partial charge < -0.3 is 25.0 Å². The predicted octanol–water partition coefficient (Wildman–Crippen LogP) is 3.68. The average Bonchev–Trinajstić information content (AvgIpc) is 3.39. The summed E-state index contributed by atoms with van der Waals surface area (Å²) in [4.78, 5) is 23.8. The van der Waals surface area contributed by atoms with Gasteiger partial charge in [0.05, 0.1) is 11.7 Å². The number of benzene rings is 3. The van der Waals surface area contributed by atoms with Crippen molar-refractivity contribution in [1.29, 1.82) is 0 Å². The number of alkyl carbamates (subject to hydrolysis) is 1. The van der Waals surface area contributed by atoms with Crippen LogP contribution in [0, 0.1) is 0 Å². The summed E-state index contributed by atoms with van der Waals surface area (Å²) < 4.78 is 10.5. The summed E-state index contributed by atoms with van der Waals surface area (Å²) in [5.41, 5.74) is 6.24. The van der Waals surface area contributed by atoms with Crippen molar-refractivity contribution in [3.8, 4) is 11.1 Å². The molecule has 2 unspecified atom stereocenters. The van der Waals surface area contributed by atoms with Crippen molar-refractivity contribution in [3.05, 3.63) is 94.5 Å². The molecule has 2 aliphatic rings. The van der Waals surface area contributed by atoms with Gasteiger partial charge in [0.1, 0.15) is 19.3 Å². The van der Waals surface area contributed by atoms with Crippen LogP contribution in [-0.4, -0.2) is 41.5 Å². The molecule has 3 N–H and O–H groups in total. The highest BCUT2D eigenvalue weighted by atomic mass is 16.5. The van der Waals surface area contributed by atoms with Crippen LogP contribution in [0.4, 0.5) is 4.79 Å². The van der Waals surface area contributed by atoms with Gasteiger partial charge in [-0.05, 0) is 46.4 Å². The summed E-state index contributed by atoms with van der Waals surface area (Å²) in [5.74, 6) is -0.412. The number of carbonyl (C=O) groups is 2. The second-order valence-electron chi connectivity index (χ2n) is 8.55. The maximum absolute atomic E-state index is 12.3. The Labute approximate surface area is 197 Å². The number of hydrogen-bond acceptors (Lipinski definition) is 6. The molecule has 0 fully saturated rings. The zero-order chi connectivity index (χ0) is 23.7. The van der Waals surface area contributed by atoms with Gasteiger partial charge in [-0.2, -0.15) is 0 Å². The zero-order valence-corrected chi connectivity index (χ0v) is 18.4. The van der Waals surface area contributed by atoms with Crippen molar-refractivity contribution >= 4 is 12.1 Å². The first-order chi connectivity index (χ1) is 16.5. The highest BCUT2D eigenvalue weighted by Crippen LogP contribution is 2.44.